The Morgan fingerprint density at radius 2 is 1.34 bits per heavy atom. The predicted octanol–water partition coefficient (Wildman–Crippen LogP) is 5.93. The molecule has 0 radical (unpaired) electrons. The van der Waals surface area contributed by atoms with Gasteiger partial charge in [0.1, 0.15) is 5.54 Å². The Hall–Kier alpha value is -3.87. The number of benzene rings is 3. The molecule has 1 aliphatic rings. The Balaban J connectivity index is 1.53. The van der Waals surface area contributed by atoms with E-state index in [-0.39, 0.29) is 18.4 Å². The molecule has 1 aliphatic carbocycles. The number of hydrogen-bond donors (Lipinski definition) is 0. The first-order valence-electron chi connectivity index (χ1n) is 11.4. The van der Waals surface area contributed by atoms with E-state index < -0.39 is 17.7 Å². The highest BCUT2D eigenvalue weighted by molar-refractivity contribution is 5.75. The van der Waals surface area contributed by atoms with Crippen LogP contribution in [0.25, 0.3) is 0 Å². The van der Waals surface area contributed by atoms with Crippen molar-refractivity contribution in [2.75, 3.05) is 6.61 Å². The Labute approximate surface area is 201 Å². The third kappa shape index (κ3) is 4.34. The van der Waals surface area contributed by atoms with E-state index in [1.807, 2.05) is 60.8 Å². The Bertz CT molecular complexity index is 1190. The van der Waals surface area contributed by atoms with E-state index in [9.17, 15) is 18.0 Å². The van der Waals surface area contributed by atoms with Crippen LogP contribution in [-0.2, 0) is 15.1 Å². The van der Waals surface area contributed by atoms with Crippen LogP contribution in [0.15, 0.2) is 104 Å². The van der Waals surface area contributed by atoms with E-state index in [0.29, 0.717) is 6.42 Å². The normalized spacial score (nSPS) is 17.7. The fraction of sp³-hybridized carbons (Fsp3) is 0.214. The lowest BCUT2D eigenvalue weighted by molar-refractivity contribution is -0.200. The number of carbonyl (C=O) groups is 1. The molecule has 4 nitrogen and oxygen atoms in total. The molecule has 35 heavy (non-hydrogen) atoms. The second kappa shape index (κ2) is 9.06. The fourth-order valence-corrected chi connectivity index (χ4v) is 4.76. The smallest absolute Gasteiger partial charge is 0.459 e. The molecular formula is C28H23F3N2O2. The number of esters is 1. The number of nitrogens with zero attached hydrogens (tertiary/aromatic N) is 2. The maximum absolute atomic E-state index is 12.5. The second-order valence-electron chi connectivity index (χ2n) is 8.71. The van der Waals surface area contributed by atoms with E-state index in [0.717, 1.165) is 22.4 Å². The second-order valence-corrected chi connectivity index (χ2v) is 8.71. The highest BCUT2D eigenvalue weighted by atomic mass is 19.4. The molecule has 1 aromatic heterocycles. The molecule has 0 amide bonds. The van der Waals surface area contributed by atoms with Gasteiger partial charge in [-0.1, -0.05) is 91.0 Å². The monoisotopic (exact) mass is 476 g/mol. The number of alkyl halides is 3. The summed E-state index contributed by atoms with van der Waals surface area (Å²) in [7, 11) is 0. The van der Waals surface area contributed by atoms with Gasteiger partial charge in [0.25, 0.3) is 0 Å². The van der Waals surface area contributed by atoms with Crippen LogP contribution >= 0.6 is 0 Å². The quantitative estimate of drug-likeness (QED) is 0.245. The highest BCUT2D eigenvalue weighted by Gasteiger charge is 2.46. The van der Waals surface area contributed by atoms with Crippen molar-refractivity contribution < 1.29 is 22.7 Å². The van der Waals surface area contributed by atoms with Gasteiger partial charge in [-0.15, -0.1) is 0 Å². The molecule has 0 saturated heterocycles. The summed E-state index contributed by atoms with van der Waals surface area (Å²) in [6.07, 6.45) is -0.619. The molecule has 3 aromatic carbocycles. The number of hydrogen-bond acceptors (Lipinski definition) is 3. The van der Waals surface area contributed by atoms with Gasteiger partial charge in [0.05, 0.1) is 18.6 Å². The molecule has 0 aliphatic heterocycles. The van der Waals surface area contributed by atoms with E-state index in [1.165, 1.54) is 0 Å². The molecule has 7 heteroatoms. The Morgan fingerprint density at radius 1 is 0.857 bits per heavy atom. The molecule has 1 saturated carbocycles. The van der Waals surface area contributed by atoms with Crippen LogP contribution in [0.2, 0.25) is 0 Å². The first kappa shape index (κ1) is 22.9. The number of halogens is 3. The van der Waals surface area contributed by atoms with Crippen molar-refractivity contribution >= 4 is 5.97 Å². The average Bonchev–Trinajstić information content (AvgIpc) is 3.50. The van der Waals surface area contributed by atoms with Crippen LogP contribution in [0.3, 0.4) is 0 Å². The van der Waals surface area contributed by atoms with Crippen molar-refractivity contribution in [2.45, 2.75) is 24.1 Å². The van der Waals surface area contributed by atoms with Crippen LogP contribution in [0.1, 0.15) is 34.7 Å². The molecule has 0 spiro atoms. The van der Waals surface area contributed by atoms with E-state index in [2.05, 4.69) is 50.7 Å². The molecular weight excluding hydrogens is 453 g/mol. The van der Waals surface area contributed by atoms with Crippen LogP contribution in [0, 0.1) is 5.92 Å². The molecule has 1 heterocycles. The Kier molecular flexibility index (Phi) is 5.93. The minimum absolute atomic E-state index is 0.0581. The maximum atomic E-state index is 12.5. The standard InChI is InChI=1S/C28H23F3N2O2/c29-28(30,31)26(34)35-18-20-16-24(20)25-17-33(19-32-25)27(21-10-4-1-5-11-21,22-12-6-2-7-13-22)23-14-8-3-9-15-23/h1-15,17,19-20,24H,16,18H2. The van der Waals surface area contributed by atoms with Crippen molar-refractivity contribution in [1.82, 2.24) is 9.55 Å². The minimum atomic E-state index is -4.98. The molecule has 178 valence electrons. The number of carbonyl (C=O) groups excluding carboxylic acids is 1. The Morgan fingerprint density at radius 3 is 1.80 bits per heavy atom. The van der Waals surface area contributed by atoms with Crippen molar-refractivity contribution in [1.29, 1.82) is 0 Å². The summed E-state index contributed by atoms with van der Waals surface area (Å²) in [5.41, 5.74) is 3.21. The molecule has 1 fully saturated rings. The van der Waals surface area contributed by atoms with Crippen LogP contribution in [-0.4, -0.2) is 28.3 Å². The molecule has 2 atom stereocenters. The highest BCUT2D eigenvalue weighted by Crippen LogP contribution is 2.48. The van der Waals surface area contributed by atoms with Crippen molar-refractivity contribution in [3.05, 3.63) is 126 Å². The first-order valence-corrected chi connectivity index (χ1v) is 11.4. The van der Waals surface area contributed by atoms with E-state index in [1.54, 1.807) is 6.33 Å². The maximum Gasteiger partial charge on any atom is 0.490 e. The summed E-state index contributed by atoms with van der Waals surface area (Å²) in [5, 5.41) is 0. The van der Waals surface area contributed by atoms with Gasteiger partial charge in [-0.05, 0) is 23.1 Å². The van der Waals surface area contributed by atoms with Gasteiger partial charge in [-0.3, -0.25) is 0 Å². The number of rotatable bonds is 7. The van der Waals surface area contributed by atoms with Crippen LogP contribution < -0.4 is 0 Å². The van der Waals surface area contributed by atoms with E-state index in [4.69, 9.17) is 0 Å². The van der Waals surface area contributed by atoms with Gasteiger partial charge in [-0.2, -0.15) is 13.2 Å². The van der Waals surface area contributed by atoms with Gasteiger partial charge in [0, 0.05) is 18.0 Å². The molecule has 0 bridgehead atoms. The summed E-state index contributed by atoms with van der Waals surface area (Å²) in [6, 6.07) is 30.4. The number of ether oxygens (including phenoxy) is 1. The zero-order valence-corrected chi connectivity index (χ0v) is 18.7. The first-order chi connectivity index (χ1) is 16.9. The number of aromatic nitrogens is 2. The summed E-state index contributed by atoms with van der Waals surface area (Å²) in [4.78, 5) is 15.7. The fourth-order valence-electron chi connectivity index (χ4n) is 4.76. The summed E-state index contributed by atoms with van der Waals surface area (Å²) < 4.78 is 43.9. The topological polar surface area (TPSA) is 44.1 Å². The summed E-state index contributed by atoms with van der Waals surface area (Å²) in [6.45, 7) is -0.267. The predicted molar refractivity (Wildman–Crippen MR) is 125 cm³/mol. The van der Waals surface area contributed by atoms with Gasteiger partial charge in [0.15, 0.2) is 0 Å². The van der Waals surface area contributed by atoms with Crippen molar-refractivity contribution in [2.24, 2.45) is 5.92 Å². The largest absolute Gasteiger partial charge is 0.490 e. The van der Waals surface area contributed by atoms with Crippen molar-refractivity contribution in [3.63, 3.8) is 0 Å². The van der Waals surface area contributed by atoms with Crippen molar-refractivity contribution in [3.8, 4) is 0 Å². The number of imidazole rings is 1. The lowest BCUT2D eigenvalue weighted by Crippen LogP contribution is -2.36. The lowest BCUT2D eigenvalue weighted by atomic mass is 9.77. The summed E-state index contributed by atoms with van der Waals surface area (Å²) >= 11 is 0. The van der Waals surface area contributed by atoms with Gasteiger partial charge < -0.3 is 9.30 Å². The molecule has 5 rings (SSSR count). The van der Waals surface area contributed by atoms with E-state index >= 15 is 0 Å². The minimum Gasteiger partial charge on any atom is -0.459 e. The van der Waals surface area contributed by atoms with Gasteiger partial charge in [0.2, 0.25) is 0 Å². The average molecular weight is 476 g/mol. The van der Waals surface area contributed by atoms with Gasteiger partial charge in [-0.25, -0.2) is 9.78 Å². The lowest BCUT2D eigenvalue weighted by Gasteiger charge is -2.37. The molecule has 4 aromatic rings. The van der Waals surface area contributed by atoms with Crippen LogP contribution in [0.5, 0.6) is 0 Å². The third-order valence-electron chi connectivity index (χ3n) is 6.53. The third-order valence-corrected chi connectivity index (χ3v) is 6.53. The summed E-state index contributed by atoms with van der Waals surface area (Å²) in [5.74, 6) is -2.38. The molecule has 2 unspecified atom stereocenters. The van der Waals surface area contributed by atoms with Crippen LogP contribution in [0.4, 0.5) is 13.2 Å². The zero-order valence-electron chi connectivity index (χ0n) is 18.7. The SMILES string of the molecule is O=C(OCC1CC1c1cn(C(c2ccccc2)(c2ccccc2)c2ccccc2)cn1)C(F)(F)F. The zero-order chi connectivity index (χ0) is 24.5. The van der Waals surface area contributed by atoms with Gasteiger partial charge >= 0.3 is 12.1 Å². The molecule has 0 N–H and O–H groups in total.